The Labute approximate surface area is 144 Å². The molecule has 24 heavy (non-hydrogen) atoms. The number of imide groups is 1. The van der Waals surface area contributed by atoms with E-state index in [1.54, 1.807) is 4.90 Å². The molecule has 1 aromatic rings. The molecule has 8 heteroatoms. The number of piperazine rings is 1. The van der Waals surface area contributed by atoms with Crippen LogP contribution in [0.5, 0.6) is 0 Å². The Morgan fingerprint density at radius 1 is 1.17 bits per heavy atom. The molecule has 0 saturated carbocycles. The van der Waals surface area contributed by atoms with E-state index >= 15 is 0 Å². The van der Waals surface area contributed by atoms with E-state index in [1.807, 2.05) is 24.3 Å². The lowest BCUT2D eigenvalue weighted by Gasteiger charge is -2.36. The van der Waals surface area contributed by atoms with Gasteiger partial charge < -0.3 is 15.1 Å². The number of nitrogens with one attached hydrogen (secondary N) is 2. The Hall–Kier alpha value is -2.28. The molecule has 1 aromatic carbocycles. The van der Waals surface area contributed by atoms with Crippen LogP contribution in [0.15, 0.2) is 24.3 Å². The Morgan fingerprint density at radius 2 is 1.88 bits per heavy atom. The molecule has 0 aliphatic carbocycles. The van der Waals surface area contributed by atoms with Crippen molar-refractivity contribution in [1.82, 2.24) is 15.5 Å². The van der Waals surface area contributed by atoms with Crippen molar-refractivity contribution in [3.63, 3.8) is 0 Å². The van der Waals surface area contributed by atoms with Gasteiger partial charge in [0, 0.05) is 32.6 Å². The normalized spacial score (nSPS) is 20.8. The molecule has 0 bridgehead atoms. The first-order chi connectivity index (χ1) is 11.5. The van der Waals surface area contributed by atoms with Gasteiger partial charge >= 0.3 is 6.03 Å². The second kappa shape index (κ2) is 7.09. The molecule has 2 saturated heterocycles. The van der Waals surface area contributed by atoms with Crippen LogP contribution in [0, 0.1) is 0 Å². The third-order valence-electron chi connectivity index (χ3n) is 4.33. The lowest BCUT2D eigenvalue weighted by Crippen LogP contribution is -2.49. The number of hydrogen-bond acceptors (Lipinski definition) is 4. The first-order valence-corrected chi connectivity index (χ1v) is 8.31. The summed E-state index contributed by atoms with van der Waals surface area (Å²) in [5, 5.41) is 5.38. The van der Waals surface area contributed by atoms with Crippen molar-refractivity contribution >= 4 is 35.1 Å². The second-order valence-corrected chi connectivity index (χ2v) is 6.28. The van der Waals surface area contributed by atoms with Crippen LogP contribution in [-0.2, 0) is 9.59 Å². The molecule has 2 aliphatic heterocycles. The molecule has 1 atom stereocenters. The van der Waals surface area contributed by atoms with E-state index in [0.29, 0.717) is 24.5 Å². The Bertz CT molecular complexity index is 658. The molecule has 0 aromatic heterocycles. The van der Waals surface area contributed by atoms with Crippen LogP contribution >= 0.6 is 11.6 Å². The Morgan fingerprint density at radius 3 is 2.50 bits per heavy atom. The molecule has 2 aliphatic rings. The highest BCUT2D eigenvalue weighted by molar-refractivity contribution is 6.33. The van der Waals surface area contributed by atoms with Crippen molar-refractivity contribution in [2.45, 2.75) is 18.9 Å². The molecule has 0 spiro atoms. The molecule has 0 radical (unpaired) electrons. The van der Waals surface area contributed by atoms with Gasteiger partial charge in [0.05, 0.1) is 10.7 Å². The molecule has 2 fully saturated rings. The number of para-hydroxylation sites is 1. The van der Waals surface area contributed by atoms with Crippen LogP contribution in [0.2, 0.25) is 5.02 Å². The Balaban J connectivity index is 1.48. The van der Waals surface area contributed by atoms with Crippen LogP contribution in [0.4, 0.5) is 10.5 Å². The van der Waals surface area contributed by atoms with Gasteiger partial charge in [0.25, 0.3) is 5.91 Å². The maximum absolute atomic E-state index is 12.3. The first kappa shape index (κ1) is 16.6. The summed E-state index contributed by atoms with van der Waals surface area (Å²) in [6, 6.07) is 6.57. The van der Waals surface area contributed by atoms with Gasteiger partial charge in [-0.05, 0) is 18.6 Å². The number of amides is 4. The van der Waals surface area contributed by atoms with E-state index in [9.17, 15) is 14.4 Å². The van der Waals surface area contributed by atoms with Gasteiger partial charge in [-0.25, -0.2) is 4.79 Å². The highest BCUT2D eigenvalue weighted by Crippen LogP contribution is 2.26. The Kier molecular flexibility index (Phi) is 4.89. The molecule has 128 valence electrons. The first-order valence-electron chi connectivity index (χ1n) is 7.93. The fourth-order valence-electron chi connectivity index (χ4n) is 2.99. The van der Waals surface area contributed by atoms with E-state index in [4.69, 9.17) is 11.6 Å². The van der Waals surface area contributed by atoms with E-state index in [1.165, 1.54) is 0 Å². The molecular weight excluding hydrogens is 332 g/mol. The van der Waals surface area contributed by atoms with Crippen LogP contribution in [0.25, 0.3) is 0 Å². The minimum atomic E-state index is -0.606. The van der Waals surface area contributed by atoms with Crippen molar-refractivity contribution in [3.05, 3.63) is 29.3 Å². The highest BCUT2D eigenvalue weighted by atomic mass is 35.5. The van der Waals surface area contributed by atoms with Crippen molar-refractivity contribution in [1.29, 1.82) is 0 Å². The van der Waals surface area contributed by atoms with Crippen molar-refractivity contribution in [3.8, 4) is 0 Å². The van der Waals surface area contributed by atoms with Crippen LogP contribution in [0.1, 0.15) is 12.8 Å². The topological polar surface area (TPSA) is 81.8 Å². The third-order valence-corrected chi connectivity index (χ3v) is 4.65. The van der Waals surface area contributed by atoms with Crippen LogP contribution in [0.3, 0.4) is 0 Å². The van der Waals surface area contributed by atoms with Gasteiger partial charge in [0.15, 0.2) is 0 Å². The van der Waals surface area contributed by atoms with E-state index < -0.39 is 12.1 Å². The van der Waals surface area contributed by atoms with Crippen molar-refractivity contribution < 1.29 is 14.4 Å². The molecule has 2 N–H and O–H groups in total. The SMILES string of the molecule is O=C1NC(=O)[C@H](CCC(=O)N2CCN(c3ccccc3Cl)CC2)N1. The largest absolute Gasteiger partial charge is 0.367 e. The molecular formula is C16H19ClN4O3. The monoisotopic (exact) mass is 350 g/mol. The van der Waals surface area contributed by atoms with E-state index in [2.05, 4.69) is 15.5 Å². The summed E-state index contributed by atoms with van der Waals surface area (Å²) >= 11 is 6.21. The number of nitrogens with zero attached hydrogens (tertiary/aromatic N) is 2. The number of benzene rings is 1. The minimum Gasteiger partial charge on any atom is -0.367 e. The summed E-state index contributed by atoms with van der Waals surface area (Å²) in [7, 11) is 0. The van der Waals surface area contributed by atoms with Gasteiger partial charge in [-0.2, -0.15) is 0 Å². The maximum atomic E-state index is 12.3. The molecule has 4 amide bonds. The number of rotatable bonds is 4. The fraction of sp³-hybridized carbons (Fsp3) is 0.438. The number of halogens is 1. The number of anilines is 1. The van der Waals surface area contributed by atoms with Gasteiger partial charge in [0.2, 0.25) is 5.91 Å². The predicted molar refractivity (Wildman–Crippen MR) is 89.9 cm³/mol. The van der Waals surface area contributed by atoms with E-state index in [0.717, 1.165) is 18.8 Å². The fourth-order valence-corrected chi connectivity index (χ4v) is 3.25. The quantitative estimate of drug-likeness (QED) is 0.793. The summed E-state index contributed by atoms with van der Waals surface area (Å²) in [5.74, 6) is -0.362. The summed E-state index contributed by atoms with van der Waals surface area (Å²) in [5.41, 5.74) is 0.983. The summed E-state index contributed by atoms with van der Waals surface area (Å²) < 4.78 is 0. The second-order valence-electron chi connectivity index (χ2n) is 5.87. The molecule has 0 unspecified atom stereocenters. The molecule has 2 heterocycles. The molecule has 7 nitrogen and oxygen atoms in total. The van der Waals surface area contributed by atoms with Crippen LogP contribution in [-0.4, -0.2) is 55.0 Å². The number of urea groups is 1. The average molecular weight is 351 g/mol. The minimum absolute atomic E-state index is 0.00255. The lowest BCUT2D eigenvalue weighted by atomic mass is 10.1. The summed E-state index contributed by atoms with van der Waals surface area (Å²) in [4.78, 5) is 38.8. The average Bonchev–Trinajstić information content (AvgIpc) is 2.91. The third kappa shape index (κ3) is 3.62. The van der Waals surface area contributed by atoms with E-state index in [-0.39, 0.29) is 18.2 Å². The van der Waals surface area contributed by atoms with Gasteiger partial charge in [-0.3, -0.25) is 14.9 Å². The predicted octanol–water partition coefficient (Wildman–Crippen LogP) is 0.977. The highest BCUT2D eigenvalue weighted by Gasteiger charge is 2.30. The van der Waals surface area contributed by atoms with Gasteiger partial charge in [-0.15, -0.1) is 0 Å². The number of hydrogen-bond donors (Lipinski definition) is 2. The molecule has 3 rings (SSSR count). The zero-order chi connectivity index (χ0) is 17.1. The van der Waals surface area contributed by atoms with Crippen molar-refractivity contribution in [2.75, 3.05) is 31.1 Å². The summed E-state index contributed by atoms with van der Waals surface area (Å²) in [6.45, 7) is 2.67. The lowest BCUT2D eigenvalue weighted by molar-refractivity contribution is -0.131. The standard InChI is InChI=1S/C16H19ClN4O3/c17-11-3-1-2-4-13(11)20-7-9-21(10-8-20)14(22)6-5-12-15(23)19-16(24)18-12/h1-4,12H,5-10H2,(H2,18,19,23,24)/t12-/m0/s1. The number of carbonyl (C=O) groups excluding carboxylic acids is 3. The maximum Gasteiger partial charge on any atom is 0.322 e. The van der Waals surface area contributed by atoms with Gasteiger partial charge in [0.1, 0.15) is 6.04 Å². The zero-order valence-electron chi connectivity index (χ0n) is 13.1. The van der Waals surface area contributed by atoms with Gasteiger partial charge in [-0.1, -0.05) is 23.7 Å². The summed E-state index contributed by atoms with van der Waals surface area (Å²) in [6.07, 6.45) is 0.561. The van der Waals surface area contributed by atoms with Crippen LogP contribution < -0.4 is 15.5 Å². The number of carbonyl (C=O) groups is 3. The van der Waals surface area contributed by atoms with Crippen molar-refractivity contribution in [2.24, 2.45) is 0 Å². The smallest absolute Gasteiger partial charge is 0.322 e. The zero-order valence-corrected chi connectivity index (χ0v) is 13.9.